The van der Waals surface area contributed by atoms with Gasteiger partial charge in [0, 0.05) is 22.9 Å². The molecule has 0 unspecified atom stereocenters. The molecule has 0 atom stereocenters. The molecule has 0 aliphatic heterocycles. The van der Waals surface area contributed by atoms with Crippen LogP contribution in [0.5, 0.6) is 5.75 Å². The van der Waals surface area contributed by atoms with E-state index in [1.807, 2.05) is 0 Å². The number of carbonyl (C=O) groups is 1. The second kappa shape index (κ2) is 6.14. The van der Waals surface area contributed by atoms with E-state index in [-0.39, 0.29) is 5.70 Å². The average molecular weight is 234 g/mol. The quantitative estimate of drug-likeness (QED) is 0.261. The maximum absolute atomic E-state index is 11.3. The van der Waals surface area contributed by atoms with E-state index in [2.05, 4.69) is 19.7 Å². The summed E-state index contributed by atoms with van der Waals surface area (Å²) in [6, 6.07) is 1.62. The second-order valence-corrected chi connectivity index (χ2v) is 2.83. The lowest BCUT2D eigenvalue weighted by Crippen LogP contribution is -2.02. The van der Waals surface area contributed by atoms with Crippen LogP contribution in [-0.4, -0.2) is 25.2 Å². The molecule has 17 heavy (non-hydrogen) atoms. The van der Waals surface area contributed by atoms with E-state index in [9.17, 15) is 4.79 Å². The monoisotopic (exact) mass is 234 g/mol. The normalized spacial score (nSPS) is 10.4. The summed E-state index contributed by atoms with van der Waals surface area (Å²) in [6.07, 6.45) is 4.37. The van der Waals surface area contributed by atoms with Crippen molar-refractivity contribution in [3.05, 3.63) is 40.2 Å². The van der Waals surface area contributed by atoms with Crippen molar-refractivity contribution < 1.29 is 14.3 Å². The Labute approximate surface area is 97.3 Å². The summed E-state index contributed by atoms with van der Waals surface area (Å²) in [6.45, 7) is 0. The lowest BCUT2D eigenvalue weighted by molar-refractivity contribution is -0.136. The third-order valence-electron chi connectivity index (χ3n) is 1.87. The Morgan fingerprint density at radius 1 is 1.59 bits per heavy atom. The van der Waals surface area contributed by atoms with E-state index in [4.69, 9.17) is 10.3 Å². The minimum absolute atomic E-state index is 0.165. The molecule has 0 saturated heterocycles. The van der Waals surface area contributed by atoms with Crippen LogP contribution in [0.15, 0.2) is 29.3 Å². The van der Waals surface area contributed by atoms with Crippen LogP contribution in [0, 0.1) is 0 Å². The van der Waals surface area contributed by atoms with Gasteiger partial charge in [-0.05, 0) is 17.7 Å². The summed E-state index contributed by atoms with van der Waals surface area (Å²) < 4.78 is 9.54. The number of aromatic nitrogens is 1. The molecule has 0 aromatic carbocycles. The number of methoxy groups -OCH3 is 2. The van der Waals surface area contributed by atoms with Gasteiger partial charge in [-0.3, -0.25) is 4.98 Å². The van der Waals surface area contributed by atoms with Crippen molar-refractivity contribution in [2.24, 2.45) is 5.11 Å². The topological polar surface area (TPSA) is 97.2 Å². The molecular formula is C10H10N4O3. The number of azide groups is 1. The Morgan fingerprint density at radius 3 is 2.94 bits per heavy atom. The van der Waals surface area contributed by atoms with Crippen LogP contribution in [-0.2, 0) is 9.53 Å². The number of hydrogen-bond acceptors (Lipinski definition) is 5. The fourth-order valence-corrected chi connectivity index (χ4v) is 1.12. The zero-order valence-corrected chi connectivity index (χ0v) is 9.32. The molecule has 1 heterocycles. The molecule has 0 bridgehead atoms. The first-order valence-electron chi connectivity index (χ1n) is 4.56. The molecule has 0 radical (unpaired) electrons. The molecule has 1 rings (SSSR count). The third-order valence-corrected chi connectivity index (χ3v) is 1.87. The standard InChI is InChI=1S/C10H10N4O3/c1-16-9-3-4-12-6-7(9)5-8(13-14-11)10(15)17-2/h3-6H,1-2H3/b8-5+. The largest absolute Gasteiger partial charge is 0.496 e. The van der Waals surface area contributed by atoms with Crippen molar-refractivity contribution in [2.45, 2.75) is 0 Å². The summed E-state index contributed by atoms with van der Waals surface area (Å²) >= 11 is 0. The number of rotatable bonds is 4. The molecule has 0 N–H and O–H groups in total. The van der Waals surface area contributed by atoms with E-state index >= 15 is 0 Å². The Morgan fingerprint density at radius 2 is 2.35 bits per heavy atom. The van der Waals surface area contributed by atoms with Gasteiger partial charge in [0.2, 0.25) is 0 Å². The lowest BCUT2D eigenvalue weighted by atomic mass is 10.2. The molecule has 0 aliphatic rings. The highest BCUT2D eigenvalue weighted by Gasteiger charge is 2.09. The predicted octanol–water partition coefficient (Wildman–Crippen LogP) is 1.91. The van der Waals surface area contributed by atoms with Crippen molar-refractivity contribution in [1.82, 2.24) is 4.98 Å². The molecule has 0 fully saturated rings. The van der Waals surface area contributed by atoms with Crippen LogP contribution in [0.25, 0.3) is 16.5 Å². The van der Waals surface area contributed by atoms with E-state index < -0.39 is 5.97 Å². The van der Waals surface area contributed by atoms with E-state index in [1.54, 1.807) is 12.3 Å². The van der Waals surface area contributed by atoms with Gasteiger partial charge < -0.3 is 9.47 Å². The summed E-state index contributed by atoms with van der Waals surface area (Å²) in [5, 5.41) is 3.25. The smallest absolute Gasteiger partial charge is 0.340 e. The predicted molar refractivity (Wildman–Crippen MR) is 59.9 cm³/mol. The number of ether oxygens (including phenoxy) is 2. The van der Waals surface area contributed by atoms with Gasteiger partial charge in [0.1, 0.15) is 11.4 Å². The zero-order chi connectivity index (χ0) is 12.7. The summed E-state index contributed by atoms with van der Waals surface area (Å²) in [4.78, 5) is 17.7. The number of hydrogen-bond donors (Lipinski definition) is 0. The number of esters is 1. The maximum atomic E-state index is 11.3. The van der Waals surface area contributed by atoms with Crippen molar-refractivity contribution in [1.29, 1.82) is 0 Å². The van der Waals surface area contributed by atoms with Gasteiger partial charge in [-0.25, -0.2) is 4.79 Å². The minimum Gasteiger partial charge on any atom is -0.496 e. The van der Waals surface area contributed by atoms with Crippen LogP contribution >= 0.6 is 0 Å². The van der Waals surface area contributed by atoms with Gasteiger partial charge in [-0.2, -0.15) is 0 Å². The molecule has 7 nitrogen and oxygen atoms in total. The van der Waals surface area contributed by atoms with E-state index in [0.29, 0.717) is 11.3 Å². The van der Waals surface area contributed by atoms with Gasteiger partial charge in [0.25, 0.3) is 0 Å². The van der Waals surface area contributed by atoms with Gasteiger partial charge in [-0.1, -0.05) is 5.11 Å². The van der Waals surface area contributed by atoms with Gasteiger partial charge in [0.15, 0.2) is 0 Å². The first kappa shape index (κ1) is 12.5. The highest BCUT2D eigenvalue weighted by atomic mass is 16.5. The van der Waals surface area contributed by atoms with Gasteiger partial charge in [0.05, 0.1) is 14.2 Å². The van der Waals surface area contributed by atoms with E-state index in [1.165, 1.54) is 26.5 Å². The first-order valence-corrected chi connectivity index (χ1v) is 4.56. The molecular weight excluding hydrogens is 224 g/mol. The van der Waals surface area contributed by atoms with Crippen molar-refractivity contribution in [3.8, 4) is 5.75 Å². The van der Waals surface area contributed by atoms with Crippen LogP contribution in [0.3, 0.4) is 0 Å². The zero-order valence-electron chi connectivity index (χ0n) is 9.32. The highest BCUT2D eigenvalue weighted by Crippen LogP contribution is 2.20. The lowest BCUT2D eigenvalue weighted by Gasteiger charge is -2.04. The first-order chi connectivity index (χ1) is 8.22. The number of nitrogens with zero attached hydrogens (tertiary/aromatic N) is 4. The van der Waals surface area contributed by atoms with Crippen molar-refractivity contribution >= 4 is 12.0 Å². The van der Waals surface area contributed by atoms with Crippen LogP contribution in [0.4, 0.5) is 0 Å². The van der Waals surface area contributed by atoms with Gasteiger partial charge >= 0.3 is 5.97 Å². The summed E-state index contributed by atoms with van der Waals surface area (Å²) in [7, 11) is 2.68. The Bertz CT molecular complexity index is 492. The molecule has 0 amide bonds. The Kier molecular flexibility index (Phi) is 4.53. The molecule has 0 aliphatic carbocycles. The van der Waals surface area contributed by atoms with Crippen molar-refractivity contribution in [2.75, 3.05) is 14.2 Å². The summed E-state index contributed by atoms with van der Waals surface area (Å²) in [5.74, 6) is -0.219. The van der Waals surface area contributed by atoms with Gasteiger partial charge in [-0.15, -0.1) is 0 Å². The molecule has 1 aromatic heterocycles. The average Bonchev–Trinajstić information content (AvgIpc) is 2.38. The Balaban J connectivity index is 3.21. The third kappa shape index (κ3) is 3.22. The molecule has 0 spiro atoms. The highest BCUT2D eigenvalue weighted by molar-refractivity contribution is 5.93. The van der Waals surface area contributed by atoms with Crippen LogP contribution in [0.1, 0.15) is 5.56 Å². The number of carbonyl (C=O) groups excluding carboxylic acids is 1. The van der Waals surface area contributed by atoms with Crippen molar-refractivity contribution in [3.63, 3.8) is 0 Å². The van der Waals surface area contributed by atoms with Crippen LogP contribution < -0.4 is 4.74 Å². The molecule has 88 valence electrons. The molecule has 1 aromatic rings. The molecule has 7 heteroatoms. The maximum Gasteiger partial charge on any atom is 0.340 e. The minimum atomic E-state index is -0.728. The fourth-order valence-electron chi connectivity index (χ4n) is 1.12. The SMILES string of the molecule is COC(=O)/C(=C\c1cnccc1OC)N=[N+]=[N-]. The fraction of sp³-hybridized carbons (Fsp3) is 0.200. The number of pyridine rings is 1. The molecule has 0 saturated carbocycles. The Hall–Kier alpha value is -2.53. The van der Waals surface area contributed by atoms with Crippen LogP contribution in [0.2, 0.25) is 0 Å². The van der Waals surface area contributed by atoms with E-state index in [0.717, 1.165) is 0 Å². The summed E-state index contributed by atoms with van der Waals surface area (Å²) in [5.41, 5.74) is 8.70. The second-order valence-electron chi connectivity index (χ2n) is 2.83.